The molecule has 0 atom stereocenters. The van der Waals surface area contributed by atoms with Crippen molar-refractivity contribution in [2.45, 2.75) is 39.0 Å². The lowest BCUT2D eigenvalue weighted by Gasteiger charge is -2.13. The molecular weight excluding hydrogens is 278 g/mol. The van der Waals surface area contributed by atoms with Gasteiger partial charge in [-0.2, -0.15) is 0 Å². The fraction of sp³-hybridized carbons (Fsp3) is 0.438. The van der Waals surface area contributed by atoms with Gasteiger partial charge in [0.25, 0.3) is 0 Å². The van der Waals surface area contributed by atoms with Crippen LogP contribution in [0.4, 0.5) is 17.5 Å². The van der Waals surface area contributed by atoms with E-state index in [-0.39, 0.29) is 0 Å². The molecule has 1 aliphatic carbocycles. The molecule has 0 aromatic carbocycles. The van der Waals surface area contributed by atoms with E-state index in [0.29, 0.717) is 11.6 Å². The van der Waals surface area contributed by atoms with E-state index in [1.807, 2.05) is 19.1 Å². The van der Waals surface area contributed by atoms with Gasteiger partial charge >= 0.3 is 0 Å². The van der Waals surface area contributed by atoms with Crippen molar-refractivity contribution in [3.8, 4) is 0 Å². The summed E-state index contributed by atoms with van der Waals surface area (Å²) < 4.78 is 5.02. The zero-order valence-electron chi connectivity index (χ0n) is 12.8. The molecule has 22 heavy (non-hydrogen) atoms. The van der Waals surface area contributed by atoms with Crippen molar-refractivity contribution in [2.75, 3.05) is 17.2 Å². The third-order valence-electron chi connectivity index (χ3n) is 3.69. The van der Waals surface area contributed by atoms with Gasteiger partial charge in [-0.05, 0) is 39.0 Å². The molecule has 0 saturated heterocycles. The van der Waals surface area contributed by atoms with Crippen molar-refractivity contribution >= 4 is 17.5 Å². The van der Waals surface area contributed by atoms with Crippen molar-refractivity contribution < 1.29 is 4.52 Å². The van der Waals surface area contributed by atoms with Crippen molar-refractivity contribution in [3.05, 3.63) is 35.9 Å². The number of nitrogens with one attached hydrogen (secondary N) is 2. The second kappa shape index (κ2) is 7.06. The zero-order valence-corrected chi connectivity index (χ0v) is 12.8. The quantitative estimate of drug-likeness (QED) is 0.790. The monoisotopic (exact) mass is 299 g/mol. The average molecular weight is 299 g/mol. The normalized spacial score (nSPS) is 14.5. The van der Waals surface area contributed by atoms with Crippen LogP contribution >= 0.6 is 0 Å². The maximum Gasteiger partial charge on any atom is 0.175 e. The Morgan fingerprint density at radius 2 is 2.05 bits per heavy atom. The summed E-state index contributed by atoms with van der Waals surface area (Å²) in [5.74, 6) is 2.92. The Labute approximate surface area is 130 Å². The van der Waals surface area contributed by atoms with Gasteiger partial charge < -0.3 is 15.2 Å². The molecule has 6 nitrogen and oxygen atoms in total. The van der Waals surface area contributed by atoms with Gasteiger partial charge in [0.15, 0.2) is 5.82 Å². The summed E-state index contributed by atoms with van der Waals surface area (Å²) in [4.78, 5) is 8.43. The number of hydrogen-bond donors (Lipinski definition) is 2. The van der Waals surface area contributed by atoms with Gasteiger partial charge in [-0.25, -0.2) is 9.97 Å². The van der Waals surface area contributed by atoms with Crippen LogP contribution < -0.4 is 10.6 Å². The highest BCUT2D eigenvalue weighted by Gasteiger charge is 2.05. The van der Waals surface area contributed by atoms with Crippen molar-refractivity contribution in [1.29, 1.82) is 0 Å². The zero-order chi connectivity index (χ0) is 15.2. The van der Waals surface area contributed by atoms with Gasteiger partial charge in [0.2, 0.25) is 0 Å². The molecule has 6 heteroatoms. The predicted octanol–water partition coefficient (Wildman–Crippen LogP) is 3.82. The van der Waals surface area contributed by atoms with Crippen LogP contribution in [-0.4, -0.2) is 21.7 Å². The molecule has 2 aromatic heterocycles. The first kappa shape index (κ1) is 14.6. The summed E-state index contributed by atoms with van der Waals surface area (Å²) in [6.07, 6.45) is 10.1. The number of rotatable bonds is 6. The van der Waals surface area contributed by atoms with E-state index >= 15 is 0 Å². The average Bonchev–Trinajstić information content (AvgIpc) is 2.94. The summed E-state index contributed by atoms with van der Waals surface area (Å²) in [6, 6.07) is 3.70. The van der Waals surface area contributed by atoms with Crippen LogP contribution in [0, 0.1) is 6.92 Å². The predicted molar refractivity (Wildman–Crippen MR) is 86.2 cm³/mol. The highest BCUT2D eigenvalue weighted by molar-refractivity contribution is 5.55. The molecule has 2 aromatic rings. The second-order valence-corrected chi connectivity index (χ2v) is 5.52. The Bertz CT molecular complexity index is 649. The van der Waals surface area contributed by atoms with Crippen molar-refractivity contribution in [3.63, 3.8) is 0 Å². The van der Waals surface area contributed by atoms with Gasteiger partial charge in [0.1, 0.15) is 23.7 Å². The molecule has 0 spiro atoms. The van der Waals surface area contributed by atoms with Gasteiger partial charge in [-0.3, -0.25) is 0 Å². The molecule has 2 heterocycles. The highest BCUT2D eigenvalue weighted by Crippen LogP contribution is 2.20. The standard InChI is InChI=1S/C16H21N5O/c1-12-9-16(21-22-12)20-15-10-14(18-11-19-15)17-8-7-13-5-3-2-4-6-13/h5,9-11H,2-4,6-8H2,1H3,(H2,17,18,19,20,21). The summed E-state index contributed by atoms with van der Waals surface area (Å²) in [5.41, 5.74) is 1.56. The minimum Gasteiger partial charge on any atom is -0.370 e. The highest BCUT2D eigenvalue weighted by atomic mass is 16.5. The number of aryl methyl sites for hydroxylation is 1. The van der Waals surface area contributed by atoms with E-state index in [2.05, 4.69) is 31.8 Å². The number of allylic oxidation sites excluding steroid dienone is 1. The second-order valence-electron chi connectivity index (χ2n) is 5.52. The van der Waals surface area contributed by atoms with Crippen LogP contribution in [0.15, 0.2) is 34.6 Å². The van der Waals surface area contributed by atoms with E-state index < -0.39 is 0 Å². The third-order valence-corrected chi connectivity index (χ3v) is 3.69. The minimum atomic E-state index is 0.648. The van der Waals surface area contributed by atoms with Gasteiger partial charge in [-0.1, -0.05) is 16.8 Å². The molecule has 0 radical (unpaired) electrons. The van der Waals surface area contributed by atoms with Crippen LogP contribution in [0.2, 0.25) is 0 Å². The lowest BCUT2D eigenvalue weighted by atomic mass is 9.97. The Kier molecular flexibility index (Phi) is 4.68. The van der Waals surface area contributed by atoms with Crippen molar-refractivity contribution in [1.82, 2.24) is 15.1 Å². The fourth-order valence-corrected chi connectivity index (χ4v) is 2.56. The van der Waals surface area contributed by atoms with Gasteiger partial charge in [0.05, 0.1) is 0 Å². The lowest BCUT2D eigenvalue weighted by molar-refractivity contribution is 0.400. The summed E-state index contributed by atoms with van der Waals surface area (Å²) >= 11 is 0. The minimum absolute atomic E-state index is 0.648. The van der Waals surface area contributed by atoms with Crippen LogP contribution in [0.25, 0.3) is 0 Å². The molecule has 1 aliphatic rings. The van der Waals surface area contributed by atoms with Crippen LogP contribution in [0.3, 0.4) is 0 Å². The molecule has 2 N–H and O–H groups in total. The molecule has 0 saturated carbocycles. The molecule has 116 valence electrons. The maximum atomic E-state index is 5.02. The molecule has 0 aliphatic heterocycles. The number of hydrogen-bond acceptors (Lipinski definition) is 6. The first-order valence-electron chi connectivity index (χ1n) is 7.74. The van der Waals surface area contributed by atoms with E-state index in [4.69, 9.17) is 4.52 Å². The van der Waals surface area contributed by atoms with Crippen LogP contribution in [-0.2, 0) is 0 Å². The Morgan fingerprint density at radius 1 is 1.14 bits per heavy atom. The Hall–Kier alpha value is -2.37. The summed E-state index contributed by atoms with van der Waals surface area (Å²) in [6.45, 7) is 2.75. The molecule has 0 amide bonds. The molecule has 0 bridgehead atoms. The smallest absolute Gasteiger partial charge is 0.175 e. The topological polar surface area (TPSA) is 75.9 Å². The molecule has 0 fully saturated rings. The van der Waals surface area contributed by atoms with Gasteiger partial charge in [-0.15, -0.1) is 0 Å². The van der Waals surface area contributed by atoms with E-state index in [1.54, 1.807) is 5.57 Å². The molecule has 0 unspecified atom stereocenters. The molecule has 3 rings (SSSR count). The van der Waals surface area contributed by atoms with E-state index in [9.17, 15) is 0 Å². The maximum absolute atomic E-state index is 5.02. The summed E-state index contributed by atoms with van der Waals surface area (Å²) in [5, 5.41) is 10.3. The van der Waals surface area contributed by atoms with Crippen molar-refractivity contribution in [2.24, 2.45) is 0 Å². The molecular formula is C16H21N5O. The first-order valence-corrected chi connectivity index (χ1v) is 7.74. The lowest BCUT2D eigenvalue weighted by Crippen LogP contribution is -2.06. The number of nitrogens with zero attached hydrogens (tertiary/aromatic N) is 3. The van der Waals surface area contributed by atoms with Crippen LogP contribution in [0.1, 0.15) is 37.9 Å². The van der Waals surface area contributed by atoms with E-state index in [0.717, 1.165) is 24.5 Å². The number of aromatic nitrogens is 3. The number of anilines is 3. The fourth-order valence-electron chi connectivity index (χ4n) is 2.56. The Balaban J connectivity index is 1.53. The largest absolute Gasteiger partial charge is 0.370 e. The third kappa shape index (κ3) is 4.07. The summed E-state index contributed by atoms with van der Waals surface area (Å²) in [7, 11) is 0. The Morgan fingerprint density at radius 3 is 2.82 bits per heavy atom. The van der Waals surface area contributed by atoms with E-state index in [1.165, 1.54) is 32.0 Å². The first-order chi connectivity index (χ1) is 10.8. The van der Waals surface area contributed by atoms with Gasteiger partial charge in [0, 0.05) is 18.7 Å². The van der Waals surface area contributed by atoms with Crippen LogP contribution in [0.5, 0.6) is 0 Å². The SMILES string of the molecule is Cc1cc(Nc2cc(NCCC3=CCCCC3)ncn2)no1.